The standard InChI is InChI=1S/C9H10N2O4S/c10-8(12)9(13)11-16(14,15)6-7-4-2-1-3-5-7/h1-5H,6H2,(H2,10,12)(H,11,13). The fourth-order valence-electron chi connectivity index (χ4n) is 1.02. The number of rotatable bonds is 3. The summed E-state index contributed by atoms with van der Waals surface area (Å²) in [6.45, 7) is 0. The average Bonchev–Trinajstić information content (AvgIpc) is 2.17. The maximum Gasteiger partial charge on any atom is 0.322 e. The average molecular weight is 242 g/mol. The lowest BCUT2D eigenvalue weighted by atomic mass is 10.2. The zero-order valence-electron chi connectivity index (χ0n) is 8.21. The number of carbonyl (C=O) groups is 2. The Bertz CT molecular complexity index is 496. The Morgan fingerprint density at radius 3 is 2.25 bits per heavy atom. The smallest absolute Gasteiger partial charge is 0.322 e. The van der Waals surface area contributed by atoms with Crippen LogP contribution in [0.3, 0.4) is 0 Å². The van der Waals surface area contributed by atoms with E-state index >= 15 is 0 Å². The number of carbonyl (C=O) groups excluding carboxylic acids is 2. The van der Waals surface area contributed by atoms with E-state index in [0.717, 1.165) is 0 Å². The van der Waals surface area contributed by atoms with E-state index in [4.69, 9.17) is 0 Å². The highest BCUT2D eigenvalue weighted by Gasteiger charge is 2.18. The first-order valence-electron chi connectivity index (χ1n) is 4.29. The van der Waals surface area contributed by atoms with Crippen LogP contribution in [0.25, 0.3) is 0 Å². The lowest BCUT2D eigenvalue weighted by molar-refractivity contribution is -0.136. The van der Waals surface area contributed by atoms with Crippen LogP contribution in [0.15, 0.2) is 30.3 Å². The first-order valence-corrected chi connectivity index (χ1v) is 5.94. The second kappa shape index (κ2) is 4.75. The number of amides is 2. The predicted molar refractivity (Wildman–Crippen MR) is 56.4 cm³/mol. The van der Waals surface area contributed by atoms with Gasteiger partial charge >= 0.3 is 11.8 Å². The molecule has 0 unspecified atom stereocenters. The molecule has 0 fully saturated rings. The first kappa shape index (κ1) is 12.2. The van der Waals surface area contributed by atoms with Crippen LogP contribution < -0.4 is 10.5 Å². The van der Waals surface area contributed by atoms with E-state index in [9.17, 15) is 18.0 Å². The predicted octanol–water partition coefficient (Wildman–Crippen LogP) is -0.882. The van der Waals surface area contributed by atoms with Gasteiger partial charge in [0.25, 0.3) is 0 Å². The van der Waals surface area contributed by atoms with Crippen LogP contribution in [0, 0.1) is 0 Å². The van der Waals surface area contributed by atoms with Gasteiger partial charge in [0.1, 0.15) is 0 Å². The van der Waals surface area contributed by atoms with Gasteiger partial charge in [-0.15, -0.1) is 0 Å². The minimum absolute atomic E-state index is 0.382. The van der Waals surface area contributed by atoms with E-state index in [1.54, 1.807) is 35.1 Å². The Balaban J connectivity index is 2.74. The van der Waals surface area contributed by atoms with Gasteiger partial charge in [-0.3, -0.25) is 9.59 Å². The van der Waals surface area contributed by atoms with Crippen LogP contribution in [-0.4, -0.2) is 20.2 Å². The molecule has 3 N–H and O–H groups in total. The molecule has 0 aliphatic carbocycles. The zero-order chi connectivity index (χ0) is 12.2. The van der Waals surface area contributed by atoms with Crippen molar-refractivity contribution in [2.75, 3.05) is 0 Å². The molecule has 0 aliphatic rings. The third kappa shape index (κ3) is 3.70. The fourth-order valence-corrected chi connectivity index (χ4v) is 2.11. The van der Waals surface area contributed by atoms with Crippen LogP contribution in [0.4, 0.5) is 0 Å². The van der Waals surface area contributed by atoms with Crippen molar-refractivity contribution in [2.24, 2.45) is 5.73 Å². The Hall–Kier alpha value is -1.89. The van der Waals surface area contributed by atoms with Crippen LogP contribution in [-0.2, 0) is 25.4 Å². The summed E-state index contributed by atoms with van der Waals surface area (Å²) in [7, 11) is -3.88. The summed E-state index contributed by atoms with van der Waals surface area (Å²) in [6.07, 6.45) is 0. The highest BCUT2D eigenvalue weighted by molar-refractivity contribution is 7.89. The van der Waals surface area contributed by atoms with Crippen molar-refractivity contribution >= 4 is 21.8 Å². The largest absolute Gasteiger partial charge is 0.361 e. The molecule has 0 saturated heterocycles. The molecule has 16 heavy (non-hydrogen) atoms. The molecule has 6 nitrogen and oxygen atoms in total. The van der Waals surface area contributed by atoms with Gasteiger partial charge in [-0.1, -0.05) is 30.3 Å². The highest BCUT2D eigenvalue weighted by Crippen LogP contribution is 2.03. The van der Waals surface area contributed by atoms with Gasteiger partial charge in [0.2, 0.25) is 10.0 Å². The molecule has 0 spiro atoms. The molecule has 0 radical (unpaired) electrons. The van der Waals surface area contributed by atoms with E-state index in [0.29, 0.717) is 5.56 Å². The maximum atomic E-state index is 11.4. The van der Waals surface area contributed by atoms with Crippen molar-refractivity contribution in [3.63, 3.8) is 0 Å². The summed E-state index contributed by atoms with van der Waals surface area (Å²) in [4.78, 5) is 21.2. The summed E-state index contributed by atoms with van der Waals surface area (Å²) < 4.78 is 24.3. The number of hydrogen-bond donors (Lipinski definition) is 2. The number of nitrogens with one attached hydrogen (secondary N) is 1. The van der Waals surface area contributed by atoms with E-state index in [1.165, 1.54) is 0 Å². The number of primary amides is 1. The second-order valence-corrected chi connectivity index (χ2v) is 4.76. The van der Waals surface area contributed by atoms with Crippen LogP contribution >= 0.6 is 0 Å². The second-order valence-electron chi connectivity index (χ2n) is 3.04. The first-order chi connectivity index (χ1) is 7.41. The normalized spacial score (nSPS) is 10.8. The molecule has 1 rings (SSSR count). The quantitative estimate of drug-likeness (QED) is 0.671. The van der Waals surface area contributed by atoms with Crippen molar-refractivity contribution in [2.45, 2.75) is 5.75 Å². The van der Waals surface area contributed by atoms with Crippen molar-refractivity contribution in [3.05, 3.63) is 35.9 Å². The van der Waals surface area contributed by atoms with Gasteiger partial charge in [0, 0.05) is 0 Å². The SMILES string of the molecule is NC(=O)C(=O)NS(=O)(=O)Cc1ccccc1. The number of nitrogens with two attached hydrogens (primary N) is 1. The minimum atomic E-state index is -3.88. The van der Waals surface area contributed by atoms with Crippen molar-refractivity contribution in [3.8, 4) is 0 Å². The summed E-state index contributed by atoms with van der Waals surface area (Å²) in [6, 6.07) is 8.25. The Kier molecular flexibility index (Phi) is 3.62. The molecule has 0 heterocycles. The fraction of sp³-hybridized carbons (Fsp3) is 0.111. The summed E-state index contributed by atoms with van der Waals surface area (Å²) in [5.74, 6) is -3.06. The summed E-state index contributed by atoms with van der Waals surface area (Å²) in [5, 5.41) is 0. The zero-order valence-corrected chi connectivity index (χ0v) is 9.03. The highest BCUT2D eigenvalue weighted by atomic mass is 32.2. The molecule has 1 aromatic rings. The molecule has 7 heteroatoms. The molecule has 86 valence electrons. The molecule has 0 aromatic heterocycles. The van der Waals surface area contributed by atoms with Gasteiger partial charge in [-0.25, -0.2) is 13.1 Å². The van der Waals surface area contributed by atoms with E-state index in [2.05, 4.69) is 5.73 Å². The van der Waals surface area contributed by atoms with E-state index < -0.39 is 21.8 Å². The van der Waals surface area contributed by atoms with Gasteiger partial charge in [0.05, 0.1) is 5.75 Å². The Labute approximate surface area is 92.5 Å². The Morgan fingerprint density at radius 2 is 1.75 bits per heavy atom. The minimum Gasteiger partial charge on any atom is -0.361 e. The van der Waals surface area contributed by atoms with Crippen LogP contribution in [0.2, 0.25) is 0 Å². The number of benzene rings is 1. The van der Waals surface area contributed by atoms with Gasteiger partial charge < -0.3 is 5.73 Å². The number of sulfonamides is 1. The van der Waals surface area contributed by atoms with Crippen molar-refractivity contribution in [1.29, 1.82) is 0 Å². The maximum absolute atomic E-state index is 11.4. The summed E-state index contributed by atoms with van der Waals surface area (Å²) in [5.41, 5.74) is 5.13. The van der Waals surface area contributed by atoms with Crippen molar-refractivity contribution in [1.82, 2.24) is 4.72 Å². The molecular weight excluding hydrogens is 232 g/mol. The van der Waals surface area contributed by atoms with E-state index in [1.807, 2.05) is 0 Å². The summed E-state index contributed by atoms with van der Waals surface area (Å²) >= 11 is 0. The number of hydrogen-bond acceptors (Lipinski definition) is 4. The van der Waals surface area contributed by atoms with Crippen LogP contribution in [0.5, 0.6) is 0 Å². The van der Waals surface area contributed by atoms with Gasteiger partial charge in [-0.2, -0.15) is 0 Å². The monoisotopic (exact) mass is 242 g/mol. The topological polar surface area (TPSA) is 106 Å². The lowest BCUT2D eigenvalue weighted by Crippen LogP contribution is -2.40. The van der Waals surface area contributed by atoms with E-state index in [-0.39, 0.29) is 5.75 Å². The third-order valence-electron chi connectivity index (χ3n) is 1.67. The Morgan fingerprint density at radius 1 is 1.19 bits per heavy atom. The molecular formula is C9H10N2O4S. The molecule has 1 aromatic carbocycles. The molecule has 2 amide bonds. The lowest BCUT2D eigenvalue weighted by Gasteiger charge is -2.04. The molecule has 0 aliphatic heterocycles. The molecule has 0 bridgehead atoms. The molecule has 0 atom stereocenters. The molecule has 0 saturated carbocycles. The third-order valence-corrected chi connectivity index (χ3v) is 2.88. The van der Waals surface area contributed by atoms with Gasteiger partial charge in [0.15, 0.2) is 0 Å². The van der Waals surface area contributed by atoms with Crippen molar-refractivity contribution < 1.29 is 18.0 Å². The van der Waals surface area contributed by atoms with Crippen LogP contribution in [0.1, 0.15) is 5.56 Å². The van der Waals surface area contributed by atoms with Gasteiger partial charge in [-0.05, 0) is 5.56 Å².